The minimum Gasteiger partial charge on any atom is -0.465 e. The van der Waals surface area contributed by atoms with Crippen molar-refractivity contribution in [3.63, 3.8) is 0 Å². The summed E-state index contributed by atoms with van der Waals surface area (Å²) >= 11 is 0. The van der Waals surface area contributed by atoms with Gasteiger partial charge in [0.25, 0.3) is 6.01 Å². The molecule has 4 nitrogen and oxygen atoms in total. The Morgan fingerprint density at radius 2 is 2.33 bits per heavy atom. The zero-order valence-corrected chi connectivity index (χ0v) is 10.7. The molecular weight excluding hydrogens is 226 g/mol. The Labute approximate surface area is 107 Å². The van der Waals surface area contributed by atoms with Crippen LogP contribution in [-0.4, -0.2) is 29.2 Å². The van der Waals surface area contributed by atoms with Crippen LogP contribution in [0.25, 0.3) is 11.0 Å². The molecule has 2 aromatic rings. The maximum absolute atomic E-state index is 5.81. The van der Waals surface area contributed by atoms with Gasteiger partial charge in [-0.1, -0.05) is 12.1 Å². The van der Waals surface area contributed by atoms with Crippen LogP contribution in [0.4, 0.5) is 0 Å². The second-order valence-electron chi connectivity index (χ2n) is 4.94. The van der Waals surface area contributed by atoms with E-state index in [2.05, 4.69) is 16.4 Å². The second kappa shape index (κ2) is 4.98. The summed E-state index contributed by atoms with van der Waals surface area (Å²) in [5, 5.41) is 3.38. The van der Waals surface area contributed by atoms with Crippen LogP contribution in [0.1, 0.15) is 12.8 Å². The quantitative estimate of drug-likeness (QED) is 0.895. The van der Waals surface area contributed by atoms with E-state index in [1.165, 1.54) is 6.42 Å². The standard InChI is InChI=1S/C14H19N3O/c1-17-13-5-3-2-4-12(13)16-14(17)18-9-7-11-6-8-15-10-11/h2-5,11,15H,6-10H2,1H3. The summed E-state index contributed by atoms with van der Waals surface area (Å²) in [6, 6.07) is 8.84. The van der Waals surface area contributed by atoms with E-state index in [9.17, 15) is 0 Å². The van der Waals surface area contributed by atoms with Gasteiger partial charge in [0.15, 0.2) is 0 Å². The van der Waals surface area contributed by atoms with Crippen molar-refractivity contribution in [3.8, 4) is 6.01 Å². The molecule has 0 bridgehead atoms. The molecule has 0 saturated carbocycles. The molecular formula is C14H19N3O. The lowest BCUT2D eigenvalue weighted by Gasteiger charge is -2.09. The molecule has 1 unspecified atom stereocenters. The third-order valence-electron chi connectivity index (χ3n) is 3.67. The minimum absolute atomic E-state index is 0.724. The number of imidazole rings is 1. The van der Waals surface area contributed by atoms with Gasteiger partial charge in [-0.3, -0.25) is 4.57 Å². The molecule has 1 aromatic carbocycles. The first-order valence-corrected chi connectivity index (χ1v) is 6.59. The van der Waals surface area contributed by atoms with E-state index < -0.39 is 0 Å². The molecule has 1 N–H and O–H groups in total. The van der Waals surface area contributed by atoms with Crippen molar-refractivity contribution in [3.05, 3.63) is 24.3 Å². The van der Waals surface area contributed by atoms with Gasteiger partial charge in [-0.15, -0.1) is 0 Å². The fourth-order valence-corrected chi connectivity index (χ4v) is 2.53. The molecule has 0 aliphatic carbocycles. The number of fused-ring (bicyclic) bond motifs is 1. The molecule has 1 aromatic heterocycles. The van der Waals surface area contributed by atoms with Crippen LogP contribution in [-0.2, 0) is 7.05 Å². The van der Waals surface area contributed by atoms with Gasteiger partial charge in [0.1, 0.15) is 0 Å². The Balaban J connectivity index is 1.65. The van der Waals surface area contributed by atoms with Gasteiger partial charge in [0, 0.05) is 7.05 Å². The Morgan fingerprint density at radius 3 is 3.11 bits per heavy atom. The molecule has 96 valence electrons. The Bertz CT molecular complexity index is 529. The lowest BCUT2D eigenvalue weighted by Crippen LogP contribution is -2.12. The lowest BCUT2D eigenvalue weighted by atomic mass is 10.1. The third kappa shape index (κ3) is 2.20. The van der Waals surface area contributed by atoms with Crippen molar-refractivity contribution < 1.29 is 4.74 Å². The molecule has 1 atom stereocenters. The average Bonchev–Trinajstić information content (AvgIpc) is 3.00. The van der Waals surface area contributed by atoms with Gasteiger partial charge < -0.3 is 10.1 Å². The summed E-state index contributed by atoms with van der Waals surface area (Å²) in [4.78, 5) is 4.50. The summed E-state index contributed by atoms with van der Waals surface area (Å²) in [6.45, 7) is 3.03. The maximum Gasteiger partial charge on any atom is 0.297 e. The zero-order valence-electron chi connectivity index (χ0n) is 10.7. The molecule has 18 heavy (non-hydrogen) atoms. The highest BCUT2D eigenvalue weighted by atomic mass is 16.5. The first-order valence-electron chi connectivity index (χ1n) is 6.59. The van der Waals surface area contributed by atoms with Crippen molar-refractivity contribution in [1.82, 2.24) is 14.9 Å². The Morgan fingerprint density at radius 1 is 1.44 bits per heavy atom. The van der Waals surface area contributed by atoms with Gasteiger partial charge in [-0.2, -0.15) is 4.98 Å². The second-order valence-corrected chi connectivity index (χ2v) is 4.94. The molecule has 4 heteroatoms. The van der Waals surface area contributed by atoms with Crippen LogP contribution in [0, 0.1) is 5.92 Å². The predicted molar refractivity (Wildman–Crippen MR) is 71.8 cm³/mol. The van der Waals surface area contributed by atoms with Gasteiger partial charge >= 0.3 is 0 Å². The number of ether oxygens (including phenoxy) is 1. The highest BCUT2D eigenvalue weighted by Gasteiger charge is 2.15. The highest BCUT2D eigenvalue weighted by Crippen LogP contribution is 2.20. The molecule has 0 spiro atoms. The number of nitrogens with one attached hydrogen (secondary N) is 1. The molecule has 2 heterocycles. The summed E-state index contributed by atoms with van der Waals surface area (Å²) in [7, 11) is 2.00. The van der Waals surface area contributed by atoms with Gasteiger partial charge in [0.2, 0.25) is 0 Å². The Kier molecular flexibility index (Phi) is 3.19. The van der Waals surface area contributed by atoms with E-state index in [4.69, 9.17) is 4.74 Å². The van der Waals surface area contributed by atoms with Gasteiger partial charge in [-0.25, -0.2) is 0 Å². The topological polar surface area (TPSA) is 39.1 Å². The van der Waals surface area contributed by atoms with Crippen LogP contribution in [0.3, 0.4) is 0 Å². The number of benzene rings is 1. The number of aromatic nitrogens is 2. The van der Waals surface area contributed by atoms with E-state index in [0.29, 0.717) is 0 Å². The summed E-state index contributed by atoms with van der Waals surface area (Å²) < 4.78 is 7.82. The number of aryl methyl sites for hydroxylation is 1. The normalized spacial score (nSPS) is 19.5. The van der Waals surface area contributed by atoms with Crippen molar-refractivity contribution >= 4 is 11.0 Å². The average molecular weight is 245 g/mol. The number of hydrogen-bond donors (Lipinski definition) is 1. The maximum atomic E-state index is 5.81. The van der Waals surface area contributed by atoms with Crippen LogP contribution >= 0.6 is 0 Å². The van der Waals surface area contributed by atoms with Gasteiger partial charge in [-0.05, 0) is 44.0 Å². The number of nitrogens with zero attached hydrogens (tertiary/aromatic N) is 2. The monoisotopic (exact) mass is 245 g/mol. The lowest BCUT2D eigenvalue weighted by molar-refractivity contribution is 0.257. The summed E-state index contributed by atoms with van der Waals surface area (Å²) in [6.07, 6.45) is 2.38. The van der Waals surface area contributed by atoms with Crippen LogP contribution in [0.15, 0.2) is 24.3 Å². The van der Waals surface area contributed by atoms with E-state index >= 15 is 0 Å². The Hall–Kier alpha value is -1.55. The largest absolute Gasteiger partial charge is 0.465 e. The number of hydrogen-bond acceptors (Lipinski definition) is 3. The van der Waals surface area contributed by atoms with E-state index in [1.54, 1.807) is 0 Å². The van der Waals surface area contributed by atoms with Crippen molar-refractivity contribution in [1.29, 1.82) is 0 Å². The smallest absolute Gasteiger partial charge is 0.297 e. The van der Waals surface area contributed by atoms with Gasteiger partial charge in [0.05, 0.1) is 17.6 Å². The van der Waals surface area contributed by atoms with E-state index in [0.717, 1.165) is 49.1 Å². The van der Waals surface area contributed by atoms with E-state index in [1.807, 2.05) is 29.8 Å². The molecule has 1 aliphatic rings. The third-order valence-corrected chi connectivity index (χ3v) is 3.67. The van der Waals surface area contributed by atoms with Crippen molar-refractivity contribution in [2.45, 2.75) is 12.8 Å². The predicted octanol–water partition coefficient (Wildman–Crippen LogP) is 1.95. The van der Waals surface area contributed by atoms with E-state index in [-0.39, 0.29) is 0 Å². The molecule has 1 saturated heterocycles. The van der Waals surface area contributed by atoms with Crippen LogP contribution < -0.4 is 10.1 Å². The molecule has 1 aliphatic heterocycles. The summed E-state index contributed by atoms with van der Waals surface area (Å²) in [5.74, 6) is 0.764. The summed E-state index contributed by atoms with van der Waals surface area (Å²) in [5.41, 5.74) is 2.12. The molecule has 1 fully saturated rings. The fourth-order valence-electron chi connectivity index (χ4n) is 2.53. The fraction of sp³-hybridized carbons (Fsp3) is 0.500. The number of rotatable bonds is 4. The van der Waals surface area contributed by atoms with Crippen molar-refractivity contribution in [2.24, 2.45) is 13.0 Å². The SMILES string of the molecule is Cn1c(OCCC2CCNC2)nc2ccccc21. The molecule has 0 radical (unpaired) electrons. The highest BCUT2D eigenvalue weighted by molar-refractivity contribution is 5.76. The first kappa shape index (κ1) is 11.5. The minimum atomic E-state index is 0.724. The van der Waals surface area contributed by atoms with Crippen molar-refractivity contribution in [2.75, 3.05) is 19.7 Å². The molecule has 0 amide bonds. The first-order chi connectivity index (χ1) is 8.84. The number of para-hydroxylation sites is 2. The van der Waals surface area contributed by atoms with Crippen LogP contribution in [0.5, 0.6) is 6.01 Å². The molecule has 3 rings (SSSR count). The zero-order chi connectivity index (χ0) is 12.4. The van der Waals surface area contributed by atoms with Crippen LogP contribution in [0.2, 0.25) is 0 Å².